The minimum atomic E-state index is -0.344. The number of methoxy groups -OCH3 is 1. The van der Waals surface area contributed by atoms with E-state index in [2.05, 4.69) is 5.32 Å². The van der Waals surface area contributed by atoms with Crippen molar-refractivity contribution in [3.8, 4) is 0 Å². The standard InChI is InChI=1S/C12H21NO3/c1-5-9-11(15)13-10(14)6-12(9,7-16-4)8(2)3/h8-9H,5-7H2,1-4H3,(H,13,14,15). The second kappa shape index (κ2) is 4.95. The molecule has 1 heterocycles. The van der Waals surface area contributed by atoms with E-state index in [-0.39, 0.29) is 29.1 Å². The zero-order chi connectivity index (χ0) is 12.3. The summed E-state index contributed by atoms with van der Waals surface area (Å²) < 4.78 is 5.24. The molecule has 1 aliphatic heterocycles. The molecule has 1 aliphatic rings. The molecule has 0 aromatic rings. The molecule has 0 aromatic heterocycles. The molecule has 2 amide bonds. The van der Waals surface area contributed by atoms with Gasteiger partial charge in [-0.1, -0.05) is 20.8 Å². The smallest absolute Gasteiger partial charge is 0.230 e. The molecule has 4 heteroatoms. The number of ether oxygens (including phenoxy) is 1. The Morgan fingerprint density at radius 3 is 2.56 bits per heavy atom. The lowest BCUT2D eigenvalue weighted by molar-refractivity contribution is -0.150. The molecule has 0 bridgehead atoms. The average Bonchev–Trinajstić information content (AvgIpc) is 2.17. The molecule has 1 saturated heterocycles. The number of carbonyl (C=O) groups is 2. The molecule has 4 nitrogen and oxygen atoms in total. The van der Waals surface area contributed by atoms with Crippen LogP contribution in [0.2, 0.25) is 0 Å². The molecular formula is C12H21NO3. The van der Waals surface area contributed by atoms with E-state index in [0.29, 0.717) is 13.0 Å². The first-order valence-corrected chi connectivity index (χ1v) is 5.80. The van der Waals surface area contributed by atoms with Gasteiger partial charge >= 0.3 is 0 Å². The normalized spacial score (nSPS) is 30.7. The number of carbonyl (C=O) groups excluding carboxylic acids is 2. The highest BCUT2D eigenvalue weighted by atomic mass is 16.5. The maximum Gasteiger partial charge on any atom is 0.230 e. The van der Waals surface area contributed by atoms with Gasteiger partial charge in [-0.05, 0) is 12.3 Å². The molecule has 0 aliphatic carbocycles. The molecule has 0 saturated carbocycles. The summed E-state index contributed by atoms with van der Waals surface area (Å²) in [5, 5.41) is 2.41. The second-order valence-electron chi connectivity index (χ2n) is 4.87. The van der Waals surface area contributed by atoms with Crippen molar-refractivity contribution >= 4 is 11.8 Å². The number of piperidine rings is 1. The number of rotatable bonds is 4. The Kier molecular flexibility index (Phi) is 4.08. The summed E-state index contributed by atoms with van der Waals surface area (Å²) in [5.41, 5.74) is -0.344. The van der Waals surface area contributed by atoms with Gasteiger partial charge in [-0.3, -0.25) is 14.9 Å². The summed E-state index contributed by atoms with van der Waals surface area (Å²) in [6.45, 7) is 6.54. The molecule has 0 radical (unpaired) electrons. The van der Waals surface area contributed by atoms with Gasteiger partial charge in [0, 0.05) is 24.9 Å². The van der Waals surface area contributed by atoms with Crippen LogP contribution in [-0.2, 0) is 14.3 Å². The van der Waals surface area contributed by atoms with Gasteiger partial charge in [0.15, 0.2) is 0 Å². The maximum absolute atomic E-state index is 11.8. The first kappa shape index (κ1) is 13.2. The van der Waals surface area contributed by atoms with Crippen molar-refractivity contribution in [3.63, 3.8) is 0 Å². The Hall–Kier alpha value is -0.900. The molecule has 1 N–H and O–H groups in total. The minimum absolute atomic E-state index is 0.134. The SMILES string of the molecule is CCC1C(=O)NC(=O)CC1(COC)C(C)C. The van der Waals surface area contributed by atoms with Crippen LogP contribution in [0.1, 0.15) is 33.6 Å². The Morgan fingerprint density at radius 1 is 1.50 bits per heavy atom. The molecule has 0 spiro atoms. The molecule has 1 fully saturated rings. The zero-order valence-corrected chi connectivity index (χ0v) is 10.5. The van der Waals surface area contributed by atoms with Gasteiger partial charge in [-0.2, -0.15) is 0 Å². The van der Waals surface area contributed by atoms with Crippen LogP contribution >= 0.6 is 0 Å². The van der Waals surface area contributed by atoms with E-state index >= 15 is 0 Å². The summed E-state index contributed by atoms with van der Waals surface area (Å²) >= 11 is 0. The predicted octanol–water partition coefficient (Wildman–Crippen LogP) is 1.35. The van der Waals surface area contributed by atoms with Gasteiger partial charge in [0.05, 0.1) is 6.61 Å². The fourth-order valence-corrected chi connectivity index (χ4v) is 2.74. The van der Waals surface area contributed by atoms with Crippen LogP contribution in [0.15, 0.2) is 0 Å². The van der Waals surface area contributed by atoms with E-state index in [1.807, 2.05) is 20.8 Å². The van der Waals surface area contributed by atoms with Gasteiger partial charge in [-0.25, -0.2) is 0 Å². The van der Waals surface area contributed by atoms with Crippen LogP contribution in [0.3, 0.4) is 0 Å². The first-order valence-electron chi connectivity index (χ1n) is 5.80. The van der Waals surface area contributed by atoms with Crippen LogP contribution < -0.4 is 5.32 Å². The third-order valence-corrected chi connectivity index (χ3v) is 3.73. The molecule has 2 atom stereocenters. The number of hydrogen-bond donors (Lipinski definition) is 1. The maximum atomic E-state index is 11.8. The van der Waals surface area contributed by atoms with Crippen molar-refractivity contribution in [2.24, 2.45) is 17.3 Å². The molecule has 16 heavy (non-hydrogen) atoms. The zero-order valence-electron chi connectivity index (χ0n) is 10.5. The number of hydrogen-bond acceptors (Lipinski definition) is 3. The quantitative estimate of drug-likeness (QED) is 0.737. The average molecular weight is 227 g/mol. The summed E-state index contributed by atoms with van der Waals surface area (Å²) in [6.07, 6.45) is 1.11. The van der Waals surface area contributed by atoms with E-state index < -0.39 is 0 Å². The highest BCUT2D eigenvalue weighted by Gasteiger charge is 2.49. The lowest BCUT2D eigenvalue weighted by atomic mass is 9.63. The van der Waals surface area contributed by atoms with Crippen LogP contribution in [0, 0.1) is 17.3 Å². The van der Waals surface area contributed by atoms with E-state index in [4.69, 9.17) is 4.74 Å². The van der Waals surface area contributed by atoms with Gasteiger partial charge < -0.3 is 4.74 Å². The van der Waals surface area contributed by atoms with Gasteiger partial charge in [0.1, 0.15) is 0 Å². The fraction of sp³-hybridized carbons (Fsp3) is 0.833. The Morgan fingerprint density at radius 2 is 2.12 bits per heavy atom. The Balaban J connectivity index is 3.08. The Labute approximate surface area is 96.7 Å². The number of nitrogens with one attached hydrogen (secondary N) is 1. The molecule has 0 aromatic carbocycles. The molecule has 2 unspecified atom stereocenters. The van der Waals surface area contributed by atoms with E-state index in [1.165, 1.54) is 0 Å². The topological polar surface area (TPSA) is 55.4 Å². The first-order chi connectivity index (χ1) is 7.47. The molecule has 92 valence electrons. The predicted molar refractivity (Wildman–Crippen MR) is 60.7 cm³/mol. The van der Waals surface area contributed by atoms with Crippen LogP contribution in [-0.4, -0.2) is 25.5 Å². The van der Waals surface area contributed by atoms with E-state index in [1.54, 1.807) is 7.11 Å². The lowest BCUT2D eigenvalue weighted by Crippen LogP contribution is -2.56. The van der Waals surface area contributed by atoms with Crippen molar-refractivity contribution in [1.29, 1.82) is 0 Å². The number of amides is 2. The molecular weight excluding hydrogens is 206 g/mol. The van der Waals surface area contributed by atoms with E-state index in [9.17, 15) is 9.59 Å². The van der Waals surface area contributed by atoms with Crippen molar-refractivity contribution in [3.05, 3.63) is 0 Å². The monoisotopic (exact) mass is 227 g/mol. The summed E-state index contributed by atoms with van der Waals surface area (Å²) in [5.74, 6) is -0.220. The van der Waals surface area contributed by atoms with Gasteiger partial charge in [-0.15, -0.1) is 0 Å². The third-order valence-electron chi connectivity index (χ3n) is 3.73. The molecule has 1 rings (SSSR count). The van der Waals surface area contributed by atoms with Crippen molar-refractivity contribution in [2.75, 3.05) is 13.7 Å². The fourth-order valence-electron chi connectivity index (χ4n) is 2.74. The summed E-state index contributed by atoms with van der Waals surface area (Å²) in [4.78, 5) is 23.4. The van der Waals surface area contributed by atoms with E-state index in [0.717, 1.165) is 6.42 Å². The minimum Gasteiger partial charge on any atom is -0.384 e. The van der Waals surface area contributed by atoms with Crippen LogP contribution in [0.5, 0.6) is 0 Å². The third kappa shape index (κ3) is 2.12. The van der Waals surface area contributed by atoms with Crippen molar-refractivity contribution in [1.82, 2.24) is 5.32 Å². The summed E-state index contributed by atoms with van der Waals surface area (Å²) in [6, 6.07) is 0. The number of imide groups is 1. The second-order valence-corrected chi connectivity index (χ2v) is 4.87. The lowest BCUT2D eigenvalue weighted by Gasteiger charge is -2.44. The van der Waals surface area contributed by atoms with Gasteiger partial charge in [0.25, 0.3) is 0 Å². The largest absolute Gasteiger partial charge is 0.384 e. The van der Waals surface area contributed by atoms with Gasteiger partial charge in [0.2, 0.25) is 11.8 Å². The highest BCUT2D eigenvalue weighted by molar-refractivity contribution is 5.99. The van der Waals surface area contributed by atoms with Crippen molar-refractivity contribution in [2.45, 2.75) is 33.6 Å². The Bertz CT molecular complexity index is 288. The highest BCUT2D eigenvalue weighted by Crippen LogP contribution is 2.43. The van der Waals surface area contributed by atoms with Crippen LogP contribution in [0.25, 0.3) is 0 Å². The van der Waals surface area contributed by atoms with Crippen LogP contribution in [0.4, 0.5) is 0 Å². The summed E-state index contributed by atoms with van der Waals surface area (Å²) in [7, 11) is 1.62. The van der Waals surface area contributed by atoms with Crippen molar-refractivity contribution < 1.29 is 14.3 Å².